The third-order valence-electron chi connectivity index (χ3n) is 3.72. The van der Waals surface area contributed by atoms with Gasteiger partial charge in [-0.1, -0.05) is 39.7 Å². The molecule has 146 valence electrons. The summed E-state index contributed by atoms with van der Waals surface area (Å²) in [6.07, 6.45) is 1.90. The highest BCUT2D eigenvalue weighted by atomic mass is 79.9. The molecule has 1 amide bonds. The molecule has 0 saturated carbocycles. The van der Waals surface area contributed by atoms with Crippen molar-refractivity contribution in [1.82, 2.24) is 5.32 Å². The van der Waals surface area contributed by atoms with Crippen LogP contribution in [0.4, 0.5) is 5.69 Å². The van der Waals surface area contributed by atoms with Crippen LogP contribution >= 0.6 is 27.7 Å². The van der Waals surface area contributed by atoms with E-state index in [0.29, 0.717) is 12.2 Å². The topological polar surface area (TPSA) is 66.5 Å². The fourth-order valence-electron chi connectivity index (χ4n) is 2.34. The van der Waals surface area contributed by atoms with Crippen LogP contribution in [0.15, 0.2) is 57.9 Å². The van der Waals surface area contributed by atoms with Gasteiger partial charge in [0.15, 0.2) is 0 Å². The molecule has 2 aromatic rings. The molecule has 5 nitrogen and oxygen atoms in total. The van der Waals surface area contributed by atoms with E-state index < -0.39 is 10.0 Å². The van der Waals surface area contributed by atoms with E-state index in [0.717, 1.165) is 27.2 Å². The highest BCUT2D eigenvalue weighted by molar-refractivity contribution is 9.10. The maximum atomic E-state index is 12.2. The molecule has 0 radical (unpaired) electrons. The second-order valence-corrected chi connectivity index (χ2v) is 10.1. The average Bonchev–Trinajstić information content (AvgIpc) is 2.60. The SMILES string of the molecule is Cc1ccc(SCCCNC(=O)CN(c2cccc(Br)c2)S(C)(=O)=O)cc1. The molecule has 0 bridgehead atoms. The molecular formula is C19H23BrN2O3S2. The van der Waals surface area contributed by atoms with E-state index in [4.69, 9.17) is 0 Å². The van der Waals surface area contributed by atoms with Gasteiger partial charge in [-0.25, -0.2) is 8.42 Å². The standard InChI is InChI=1S/C19H23BrN2O3S2/c1-15-7-9-18(10-8-15)26-12-4-11-21-19(23)14-22(27(2,24)25)17-6-3-5-16(20)13-17/h3,5-10,13H,4,11-12,14H2,1-2H3,(H,21,23). The van der Waals surface area contributed by atoms with Crippen LogP contribution in [0.1, 0.15) is 12.0 Å². The van der Waals surface area contributed by atoms with Crippen molar-refractivity contribution in [3.8, 4) is 0 Å². The van der Waals surface area contributed by atoms with E-state index in [2.05, 4.69) is 52.4 Å². The number of hydrogen-bond acceptors (Lipinski definition) is 4. The summed E-state index contributed by atoms with van der Waals surface area (Å²) in [5.74, 6) is 0.561. The zero-order valence-corrected chi connectivity index (χ0v) is 18.5. The van der Waals surface area contributed by atoms with Crippen molar-refractivity contribution in [3.05, 3.63) is 58.6 Å². The first-order chi connectivity index (χ1) is 12.8. The van der Waals surface area contributed by atoms with Gasteiger partial charge >= 0.3 is 0 Å². The molecule has 0 unspecified atom stereocenters. The maximum absolute atomic E-state index is 12.2. The Morgan fingerprint density at radius 1 is 1.19 bits per heavy atom. The highest BCUT2D eigenvalue weighted by Gasteiger charge is 2.20. The lowest BCUT2D eigenvalue weighted by Gasteiger charge is -2.22. The number of nitrogens with one attached hydrogen (secondary N) is 1. The van der Waals surface area contributed by atoms with Gasteiger partial charge in [0, 0.05) is 15.9 Å². The minimum atomic E-state index is -3.56. The quantitative estimate of drug-likeness (QED) is 0.446. The summed E-state index contributed by atoms with van der Waals surface area (Å²) in [6, 6.07) is 15.2. The monoisotopic (exact) mass is 470 g/mol. The summed E-state index contributed by atoms with van der Waals surface area (Å²) in [4.78, 5) is 13.4. The molecule has 1 N–H and O–H groups in total. The van der Waals surface area contributed by atoms with E-state index in [1.54, 1.807) is 36.0 Å². The van der Waals surface area contributed by atoms with E-state index >= 15 is 0 Å². The zero-order valence-electron chi connectivity index (χ0n) is 15.3. The van der Waals surface area contributed by atoms with Gasteiger partial charge in [-0.3, -0.25) is 9.10 Å². The summed E-state index contributed by atoms with van der Waals surface area (Å²) in [7, 11) is -3.56. The maximum Gasteiger partial charge on any atom is 0.240 e. The number of rotatable bonds is 9. The Bertz CT molecular complexity index is 871. The Hall–Kier alpha value is -1.51. The Balaban J connectivity index is 1.81. The molecule has 0 aliphatic rings. The molecule has 0 heterocycles. The van der Waals surface area contributed by atoms with Gasteiger partial charge in [-0.2, -0.15) is 0 Å². The van der Waals surface area contributed by atoms with Crippen LogP contribution in [0.25, 0.3) is 0 Å². The Kier molecular flexibility index (Phi) is 8.19. The lowest BCUT2D eigenvalue weighted by atomic mass is 10.2. The summed E-state index contributed by atoms with van der Waals surface area (Å²) in [6.45, 7) is 2.33. The summed E-state index contributed by atoms with van der Waals surface area (Å²) >= 11 is 5.06. The number of halogens is 1. The number of hydrogen-bond donors (Lipinski definition) is 1. The van der Waals surface area contributed by atoms with Gasteiger partial charge in [-0.05, 0) is 49.4 Å². The van der Waals surface area contributed by atoms with Crippen LogP contribution in [0, 0.1) is 6.92 Å². The molecule has 0 aliphatic heterocycles. The molecule has 0 aliphatic carbocycles. The summed E-state index contributed by atoms with van der Waals surface area (Å²) < 4.78 is 26.0. The fourth-order valence-corrected chi connectivity index (χ4v) is 4.43. The molecule has 8 heteroatoms. The minimum Gasteiger partial charge on any atom is -0.354 e. The van der Waals surface area contributed by atoms with Crippen molar-refractivity contribution in [2.24, 2.45) is 0 Å². The number of anilines is 1. The van der Waals surface area contributed by atoms with Crippen LogP contribution in [-0.2, 0) is 14.8 Å². The third kappa shape index (κ3) is 7.56. The molecule has 2 aromatic carbocycles. The minimum absolute atomic E-state index is 0.236. The Morgan fingerprint density at radius 2 is 1.89 bits per heavy atom. The first-order valence-electron chi connectivity index (χ1n) is 8.45. The largest absolute Gasteiger partial charge is 0.354 e. The van der Waals surface area contributed by atoms with Gasteiger partial charge in [0.05, 0.1) is 11.9 Å². The van der Waals surface area contributed by atoms with Crippen LogP contribution in [0.3, 0.4) is 0 Å². The van der Waals surface area contributed by atoms with Gasteiger partial charge in [0.1, 0.15) is 6.54 Å². The number of amides is 1. The van der Waals surface area contributed by atoms with Crippen LogP contribution in [0.2, 0.25) is 0 Å². The average molecular weight is 471 g/mol. The normalized spacial score (nSPS) is 11.2. The van der Waals surface area contributed by atoms with Crippen LogP contribution in [-0.4, -0.2) is 39.4 Å². The van der Waals surface area contributed by atoms with Gasteiger partial charge in [0.2, 0.25) is 15.9 Å². The predicted molar refractivity (Wildman–Crippen MR) is 116 cm³/mol. The molecule has 0 aromatic heterocycles. The van der Waals surface area contributed by atoms with Gasteiger partial charge < -0.3 is 5.32 Å². The number of aryl methyl sites for hydroxylation is 1. The van der Waals surface area contributed by atoms with E-state index in [1.807, 2.05) is 0 Å². The summed E-state index contributed by atoms with van der Waals surface area (Å²) in [5, 5.41) is 2.79. The second kappa shape index (κ2) is 10.1. The van der Waals surface area contributed by atoms with Crippen molar-refractivity contribution in [1.29, 1.82) is 0 Å². The van der Waals surface area contributed by atoms with E-state index in [9.17, 15) is 13.2 Å². The lowest BCUT2D eigenvalue weighted by molar-refractivity contribution is -0.119. The number of carbonyl (C=O) groups is 1. The molecule has 0 spiro atoms. The Morgan fingerprint density at radius 3 is 2.52 bits per heavy atom. The first kappa shape index (κ1) is 21.8. The Labute approximate surface area is 173 Å². The molecular weight excluding hydrogens is 448 g/mol. The zero-order chi connectivity index (χ0) is 19.9. The number of carbonyl (C=O) groups excluding carboxylic acids is 1. The second-order valence-electron chi connectivity index (χ2n) is 6.11. The number of sulfonamides is 1. The van der Waals surface area contributed by atoms with Gasteiger partial charge in [-0.15, -0.1) is 11.8 Å². The van der Waals surface area contributed by atoms with Crippen molar-refractivity contribution >= 4 is 49.3 Å². The van der Waals surface area contributed by atoms with Crippen LogP contribution in [0.5, 0.6) is 0 Å². The number of nitrogens with zero attached hydrogens (tertiary/aromatic N) is 1. The third-order valence-corrected chi connectivity index (χ3v) is 6.45. The van der Waals surface area contributed by atoms with Crippen molar-refractivity contribution in [2.75, 3.05) is 29.4 Å². The highest BCUT2D eigenvalue weighted by Crippen LogP contribution is 2.22. The summed E-state index contributed by atoms with van der Waals surface area (Å²) in [5.41, 5.74) is 1.68. The molecule has 27 heavy (non-hydrogen) atoms. The van der Waals surface area contributed by atoms with E-state index in [-0.39, 0.29) is 12.5 Å². The van der Waals surface area contributed by atoms with Crippen molar-refractivity contribution < 1.29 is 13.2 Å². The molecule has 0 atom stereocenters. The smallest absolute Gasteiger partial charge is 0.240 e. The van der Waals surface area contributed by atoms with Crippen LogP contribution < -0.4 is 9.62 Å². The molecule has 0 fully saturated rings. The van der Waals surface area contributed by atoms with E-state index in [1.165, 1.54) is 10.5 Å². The van der Waals surface area contributed by atoms with Gasteiger partial charge in [0.25, 0.3) is 0 Å². The molecule has 2 rings (SSSR count). The fraction of sp³-hybridized carbons (Fsp3) is 0.316. The number of thioether (sulfide) groups is 1. The first-order valence-corrected chi connectivity index (χ1v) is 12.1. The van der Waals surface area contributed by atoms with Crippen molar-refractivity contribution in [2.45, 2.75) is 18.2 Å². The lowest BCUT2D eigenvalue weighted by Crippen LogP contribution is -2.40. The molecule has 0 saturated heterocycles. The predicted octanol–water partition coefficient (Wildman–Crippen LogP) is 3.82. The van der Waals surface area contributed by atoms with Crippen molar-refractivity contribution in [3.63, 3.8) is 0 Å². The number of benzene rings is 2.